The third-order valence-electron chi connectivity index (χ3n) is 10.4. The van der Waals surface area contributed by atoms with Gasteiger partial charge in [-0.3, -0.25) is 0 Å². The van der Waals surface area contributed by atoms with Gasteiger partial charge in [0.1, 0.15) is 18.3 Å². The van der Waals surface area contributed by atoms with Crippen LogP contribution in [-0.4, -0.2) is 63.3 Å². The molecular formula is C46H66O6. The molecule has 0 aromatic heterocycles. The fraction of sp³-hybridized carbons (Fsp3) is 0.522. The number of ether oxygens (including phenoxy) is 2. The van der Waals surface area contributed by atoms with Gasteiger partial charge in [-0.05, 0) is 96.1 Å². The molecule has 6 nitrogen and oxygen atoms in total. The summed E-state index contributed by atoms with van der Waals surface area (Å²) in [5, 5.41) is 40.7. The van der Waals surface area contributed by atoms with Crippen molar-refractivity contribution in [3.63, 3.8) is 0 Å². The van der Waals surface area contributed by atoms with Crippen molar-refractivity contribution >= 4 is 0 Å². The van der Waals surface area contributed by atoms with Crippen LogP contribution in [0.15, 0.2) is 130 Å². The Bertz CT molecular complexity index is 1580. The number of aliphatic hydroxyl groups excluding tert-OH is 4. The summed E-state index contributed by atoms with van der Waals surface area (Å²) in [5.41, 5.74) is 9.59. The lowest BCUT2D eigenvalue weighted by molar-refractivity contribution is -0.305. The molecule has 0 saturated carbocycles. The van der Waals surface area contributed by atoms with Gasteiger partial charge in [0.15, 0.2) is 6.29 Å². The highest BCUT2D eigenvalue weighted by Gasteiger charge is 2.44. The second-order valence-electron chi connectivity index (χ2n) is 16.5. The molecule has 0 unspecified atom stereocenters. The Morgan fingerprint density at radius 3 is 1.54 bits per heavy atom. The lowest BCUT2D eigenvalue weighted by Crippen LogP contribution is -2.58. The zero-order valence-electron chi connectivity index (χ0n) is 33.6. The summed E-state index contributed by atoms with van der Waals surface area (Å²) in [6, 6.07) is 0. The number of aliphatic hydroxyl groups is 4. The van der Waals surface area contributed by atoms with Crippen LogP contribution < -0.4 is 0 Å². The fourth-order valence-corrected chi connectivity index (χ4v) is 7.51. The number of hydrogen-bond acceptors (Lipinski definition) is 6. The van der Waals surface area contributed by atoms with Gasteiger partial charge in [-0.2, -0.15) is 0 Å². The van der Waals surface area contributed by atoms with E-state index in [2.05, 4.69) is 154 Å². The Morgan fingerprint density at radius 1 is 0.615 bits per heavy atom. The van der Waals surface area contributed by atoms with Crippen molar-refractivity contribution < 1.29 is 29.9 Å². The number of allylic oxidation sites excluding steroid dienone is 20. The van der Waals surface area contributed by atoms with Crippen molar-refractivity contribution in [3.05, 3.63) is 130 Å². The molecule has 1 heterocycles. The van der Waals surface area contributed by atoms with Crippen LogP contribution in [0.25, 0.3) is 0 Å². The quantitative estimate of drug-likeness (QED) is 0.150. The first-order valence-corrected chi connectivity index (χ1v) is 18.8. The minimum absolute atomic E-state index is 0.0120. The molecule has 1 fully saturated rings. The van der Waals surface area contributed by atoms with Gasteiger partial charge in [-0.25, -0.2) is 0 Å². The van der Waals surface area contributed by atoms with Crippen LogP contribution in [0, 0.1) is 10.8 Å². The van der Waals surface area contributed by atoms with Gasteiger partial charge in [0.05, 0.1) is 18.3 Å². The van der Waals surface area contributed by atoms with Crippen LogP contribution in [0.2, 0.25) is 0 Å². The van der Waals surface area contributed by atoms with E-state index in [0.29, 0.717) is 6.42 Å². The minimum atomic E-state index is -1.30. The van der Waals surface area contributed by atoms with Crippen LogP contribution in [0.1, 0.15) is 102 Å². The fourth-order valence-electron chi connectivity index (χ4n) is 7.51. The first-order chi connectivity index (χ1) is 24.3. The minimum Gasteiger partial charge on any atom is -0.393 e. The van der Waals surface area contributed by atoms with E-state index in [4.69, 9.17) is 9.47 Å². The summed E-state index contributed by atoms with van der Waals surface area (Å²) in [7, 11) is 0. The molecule has 0 aromatic carbocycles. The van der Waals surface area contributed by atoms with Crippen LogP contribution in [0.3, 0.4) is 0 Å². The van der Waals surface area contributed by atoms with Crippen molar-refractivity contribution in [3.8, 4) is 0 Å². The van der Waals surface area contributed by atoms with E-state index in [-0.39, 0.29) is 23.0 Å². The largest absolute Gasteiger partial charge is 0.393 e. The lowest BCUT2D eigenvalue weighted by Gasteiger charge is -2.43. The van der Waals surface area contributed by atoms with Crippen molar-refractivity contribution in [2.24, 2.45) is 10.8 Å². The van der Waals surface area contributed by atoms with Crippen LogP contribution in [0.4, 0.5) is 0 Å². The molecule has 52 heavy (non-hydrogen) atoms. The molecule has 0 radical (unpaired) electrons. The van der Waals surface area contributed by atoms with Crippen molar-refractivity contribution in [2.75, 3.05) is 0 Å². The molecule has 1 aliphatic heterocycles. The number of hydrogen-bond donors (Lipinski definition) is 4. The van der Waals surface area contributed by atoms with Gasteiger partial charge in [-0.1, -0.05) is 146 Å². The van der Waals surface area contributed by atoms with E-state index >= 15 is 0 Å². The Kier molecular flexibility index (Phi) is 16.1. The maximum Gasteiger partial charge on any atom is 0.186 e. The van der Waals surface area contributed by atoms with Gasteiger partial charge < -0.3 is 29.9 Å². The average molecular weight is 715 g/mol. The van der Waals surface area contributed by atoms with E-state index in [1.807, 2.05) is 0 Å². The Balaban J connectivity index is 1.51. The summed E-state index contributed by atoms with van der Waals surface area (Å²) < 4.78 is 11.8. The first kappa shape index (κ1) is 43.3. The molecule has 0 bridgehead atoms. The maximum absolute atomic E-state index is 10.4. The SMILES string of the molecule is CC1=C(/C=C/C(C)=C/C=C/C(C)=C/C=C/C=C(C)\C=C\C=C(C)\C=C\C2=C(C)C[C@@H](O[C@@H]3O[C@@H](C)[C@H](O)[C@@H](O)[C@H]3O)CC2(C)C)C(C)(C)C[C@H](O)C1. The predicted octanol–water partition coefficient (Wildman–Crippen LogP) is 9.40. The second kappa shape index (κ2) is 19.3. The molecule has 4 N–H and O–H groups in total. The molecule has 0 spiro atoms. The highest BCUT2D eigenvalue weighted by molar-refractivity contribution is 5.39. The third kappa shape index (κ3) is 12.8. The molecule has 286 valence electrons. The van der Waals surface area contributed by atoms with Crippen LogP contribution >= 0.6 is 0 Å². The first-order valence-electron chi connectivity index (χ1n) is 18.8. The molecule has 3 rings (SSSR count). The number of rotatable bonds is 12. The summed E-state index contributed by atoms with van der Waals surface area (Å²) in [5.74, 6) is 0. The summed E-state index contributed by atoms with van der Waals surface area (Å²) in [4.78, 5) is 0. The van der Waals surface area contributed by atoms with E-state index in [1.165, 1.54) is 33.4 Å². The zero-order chi connectivity index (χ0) is 38.8. The lowest BCUT2D eigenvalue weighted by atomic mass is 9.71. The van der Waals surface area contributed by atoms with Gasteiger partial charge in [0.2, 0.25) is 0 Å². The van der Waals surface area contributed by atoms with E-state index in [9.17, 15) is 20.4 Å². The predicted molar refractivity (Wildman–Crippen MR) is 215 cm³/mol. The molecule has 0 amide bonds. The smallest absolute Gasteiger partial charge is 0.186 e. The third-order valence-corrected chi connectivity index (χ3v) is 10.4. The Morgan fingerprint density at radius 2 is 1.06 bits per heavy atom. The Labute approximate surface area is 314 Å². The Hall–Kier alpha value is -3.10. The van der Waals surface area contributed by atoms with Gasteiger partial charge in [0, 0.05) is 0 Å². The molecule has 0 aromatic rings. The summed E-state index contributed by atoms with van der Waals surface area (Å²) in [6.45, 7) is 23.1. The second-order valence-corrected chi connectivity index (χ2v) is 16.5. The summed E-state index contributed by atoms with van der Waals surface area (Å²) >= 11 is 0. The van der Waals surface area contributed by atoms with Crippen molar-refractivity contribution in [2.45, 2.75) is 145 Å². The summed E-state index contributed by atoms with van der Waals surface area (Å²) in [6.07, 6.45) is 26.9. The zero-order valence-corrected chi connectivity index (χ0v) is 33.6. The molecule has 7 atom stereocenters. The topological polar surface area (TPSA) is 99.4 Å². The maximum atomic E-state index is 10.4. The standard InChI is InChI=1S/C46H66O6/c1-30(18-14-20-32(3)22-24-39-34(5)26-37(47)28-45(39,8)9)16-12-13-17-31(2)19-15-21-33(4)23-25-40-35(6)27-38(29-46(40,10)11)52-44-43(50)42(49)41(48)36(7)51-44/h12-25,36-38,41-44,47-50H,26-29H2,1-11H3/b13-12+,18-14+,19-15+,24-22+,25-23+,30-16+,31-17-,32-20+,33-21+/t36-,37+,38+,41-,42+,43+,44-/m0/s1. The molecule has 6 heteroatoms. The molecule has 1 saturated heterocycles. The van der Waals surface area contributed by atoms with Crippen LogP contribution in [-0.2, 0) is 9.47 Å². The van der Waals surface area contributed by atoms with E-state index in [1.54, 1.807) is 6.92 Å². The van der Waals surface area contributed by atoms with Crippen LogP contribution in [0.5, 0.6) is 0 Å². The van der Waals surface area contributed by atoms with Gasteiger partial charge in [-0.15, -0.1) is 0 Å². The van der Waals surface area contributed by atoms with Crippen molar-refractivity contribution in [1.29, 1.82) is 0 Å². The highest BCUT2D eigenvalue weighted by Crippen LogP contribution is 2.43. The van der Waals surface area contributed by atoms with E-state index < -0.39 is 30.7 Å². The van der Waals surface area contributed by atoms with Gasteiger partial charge >= 0.3 is 0 Å². The average Bonchev–Trinajstić information content (AvgIpc) is 3.03. The van der Waals surface area contributed by atoms with E-state index in [0.717, 1.165) is 30.4 Å². The highest BCUT2D eigenvalue weighted by atomic mass is 16.7. The normalized spacial score (nSPS) is 31.5. The molecule has 2 aliphatic carbocycles. The van der Waals surface area contributed by atoms with Crippen molar-refractivity contribution in [1.82, 2.24) is 0 Å². The monoisotopic (exact) mass is 714 g/mol. The molecule has 3 aliphatic rings. The molecular weight excluding hydrogens is 649 g/mol. The van der Waals surface area contributed by atoms with Gasteiger partial charge in [0.25, 0.3) is 0 Å².